The molecule has 0 radical (unpaired) electrons. The molecule has 0 aromatic carbocycles. The van der Waals surface area contributed by atoms with Gasteiger partial charge in [0, 0.05) is 13.8 Å². The number of rotatable bonds is 10. The third-order valence-corrected chi connectivity index (χ3v) is 2.86. The van der Waals surface area contributed by atoms with Crippen molar-refractivity contribution in [1.29, 1.82) is 0 Å². The molecular formula is C15H26O5. The van der Waals surface area contributed by atoms with Crippen LogP contribution in [0.5, 0.6) is 0 Å². The van der Waals surface area contributed by atoms with Gasteiger partial charge in [0.25, 0.3) is 0 Å². The molecule has 0 heterocycles. The van der Waals surface area contributed by atoms with E-state index < -0.39 is 24.0 Å². The fourth-order valence-electron chi connectivity index (χ4n) is 1.98. The lowest BCUT2D eigenvalue weighted by molar-refractivity contribution is -0.161. The molecule has 0 aliphatic carbocycles. The minimum absolute atomic E-state index is 0.0614. The molecule has 0 aliphatic rings. The second-order valence-corrected chi connectivity index (χ2v) is 4.96. The Morgan fingerprint density at radius 3 is 2.05 bits per heavy atom. The van der Waals surface area contributed by atoms with Gasteiger partial charge in [-0.25, -0.2) is 0 Å². The number of hydrogen-bond donors (Lipinski definition) is 0. The van der Waals surface area contributed by atoms with Gasteiger partial charge in [0.1, 0.15) is 6.10 Å². The lowest BCUT2D eigenvalue weighted by atomic mass is 10.1. The van der Waals surface area contributed by atoms with E-state index in [1.54, 1.807) is 0 Å². The Kier molecular flexibility index (Phi) is 10.6. The van der Waals surface area contributed by atoms with Crippen LogP contribution < -0.4 is 0 Å². The van der Waals surface area contributed by atoms with Crippen LogP contribution in [0.3, 0.4) is 0 Å². The van der Waals surface area contributed by atoms with E-state index in [4.69, 9.17) is 4.74 Å². The van der Waals surface area contributed by atoms with Crippen molar-refractivity contribution in [3.8, 4) is 0 Å². The van der Waals surface area contributed by atoms with Crippen LogP contribution in [0.15, 0.2) is 0 Å². The van der Waals surface area contributed by atoms with E-state index in [1.165, 1.54) is 33.1 Å². The third-order valence-electron chi connectivity index (χ3n) is 2.86. The SMILES string of the molecule is CCCCCCCCC(CC(=O)OC(C)=O)OC(C)=O. The van der Waals surface area contributed by atoms with Crippen LogP contribution in [-0.4, -0.2) is 24.0 Å². The van der Waals surface area contributed by atoms with Crippen molar-refractivity contribution in [1.82, 2.24) is 0 Å². The molecule has 0 N–H and O–H groups in total. The maximum atomic E-state index is 11.4. The summed E-state index contributed by atoms with van der Waals surface area (Å²) in [5, 5.41) is 0. The number of carbonyl (C=O) groups excluding carboxylic acids is 3. The third kappa shape index (κ3) is 11.7. The molecule has 0 saturated carbocycles. The van der Waals surface area contributed by atoms with E-state index in [0.717, 1.165) is 19.3 Å². The van der Waals surface area contributed by atoms with Gasteiger partial charge in [-0.05, 0) is 12.8 Å². The smallest absolute Gasteiger partial charge is 0.317 e. The first kappa shape index (κ1) is 18.6. The monoisotopic (exact) mass is 286 g/mol. The maximum absolute atomic E-state index is 11.4. The van der Waals surface area contributed by atoms with Gasteiger partial charge in [-0.2, -0.15) is 0 Å². The number of ether oxygens (including phenoxy) is 2. The Hall–Kier alpha value is -1.39. The summed E-state index contributed by atoms with van der Waals surface area (Å²) in [4.78, 5) is 33.0. The van der Waals surface area contributed by atoms with E-state index in [-0.39, 0.29) is 6.42 Å². The highest BCUT2D eigenvalue weighted by Gasteiger charge is 2.18. The van der Waals surface area contributed by atoms with Crippen molar-refractivity contribution in [3.05, 3.63) is 0 Å². The molecule has 5 heteroatoms. The quantitative estimate of drug-likeness (QED) is 0.350. The van der Waals surface area contributed by atoms with Crippen molar-refractivity contribution in [2.75, 3.05) is 0 Å². The van der Waals surface area contributed by atoms with Crippen molar-refractivity contribution in [2.24, 2.45) is 0 Å². The summed E-state index contributed by atoms with van der Waals surface area (Å²) in [6, 6.07) is 0. The van der Waals surface area contributed by atoms with Gasteiger partial charge in [-0.15, -0.1) is 0 Å². The highest BCUT2D eigenvalue weighted by molar-refractivity contribution is 5.84. The average Bonchev–Trinajstić information content (AvgIpc) is 2.31. The van der Waals surface area contributed by atoms with Crippen molar-refractivity contribution in [2.45, 2.75) is 78.2 Å². The summed E-state index contributed by atoms with van der Waals surface area (Å²) in [6.45, 7) is 4.65. The van der Waals surface area contributed by atoms with Crippen molar-refractivity contribution >= 4 is 17.9 Å². The van der Waals surface area contributed by atoms with Gasteiger partial charge in [0.05, 0.1) is 6.42 Å². The topological polar surface area (TPSA) is 69.7 Å². The van der Waals surface area contributed by atoms with Crippen LogP contribution in [0.2, 0.25) is 0 Å². The molecular weight excluding hydrogens is 260 g/mol. The van der Waals surface area contributed by atoms with Crippen LogP contribution in [0.4, 0.5) is 0 Å². The highest BCUT2D eigenvalue weighted by Crippen LogP contribution is 2.13. The molecule has 1 unspecified atom stereocenters. The van der Waals surface area contributed by atoms with Crippen LogP contribution in [0, 0.1) is 0 Å². The van der Waals surface area contributed by atoms with Gasteiger partial charge in [0.2, 0.25) is 0 Å². The molecule has 0 aromatic rings. The summed E-state index contributed by atoms with van der Waals surface area (Å²) in [7, 11) is 0. The van der Waals surface area contributed by atoms with E-state index >= 15 is 0 Å². The molecule has 0 spiro atoms. The van der Waals surface area contributed by atoms with Gasteiger partial charge in [0.15, 0.2) is 0 Å². The van der Waals surface area contributed by atoms with E-state index in [1.807, 2.05) is 0 Å². The zero-order valence-electron chi connectivity index (χ0n) is 12.8. The van der Waals surface area contributed by atoms with E-state index in [2.05, 4.69) is 11.7 Å². The maximum Gasteiger partial charge on any atom is 0.317 e. The Morgan fingerprint density at radius 2 is 1.50 bits per heavy atom. The van der Waals surface area contributed by atoms with Gasteiger partial charge in [-0.3, -0.25) is 14.4 Å². The Balaban J connectivity index is 3.99. The number of carbonyl (C=O) groups is 3. The zero-order chi connectivity index (χ0) is 15.4. The lowest BCUT2D eigenvalue weighted by Crippen LogP contribution is -2.22. The molecule has 0 amide bonds. The molecule has 1 atom stereocenters. The van der Waals surface area contributed by atoms with E-state index in [9.17, 15) is 14.4 Å². The first-order valence-electron chi connectivity index (χ1n) is 7.34. The number of esters is 3. The predicted molar refractivity (Wildman–Crippen MR) is 74.9 cm³/mol. The Labute approximate surface area is 121 Å². The zero-order valence-corrected chi connectivity index (χ0v) is 12.8. The number of hydrogen-bond acceptors (Lipinski definition) is 5. The summed E-state index contributed by atoms with van der Waals surface area (Å²) in [5.74, 6) is -1.71. The molecule has 20 heavy (non-hydrogen) atoms. The van der Waals surface area contributed by atoms with Crippen molar-refractivity contribution < 1.29 is 23.9 Å². The highest BCUT2D eigenvalue weighted by atomic mass is 16.6. The van der Waals surface area contributed by atoms with Crippen LogP contribution in [0.1, 0.15) is 72.1 Å². The van der Waals surface area contributed by atoms with Gasteiger partial charge < -0.3 is 9.47 Å². The van der Waals surface area contributed by atoms with Gasteiger partial charge >= 0.3 is 17.9 Å². The van der Waals surface area contributed by atoms with Crippen LogP contribution >= 0.6 is 0 Å². The van der Waals surface area contributed by atoms with Crippen LogP contribution in [-0.2, 0) is 23.9 Å². The first-order valence-corrected chi connectivity index (χ1v) is 7.34. The largest absolute Gasteiger partial charge is 0.462 e. The predicted octanol–water partition coefficient (Wildman–Crippen LogP) is 3.15. The fraction of sp³-hybridized carbons (Fsp3) is 0.800. The average molecular weight is 286 g/mol. The molecule has 0 bridgehead atoms. The normalized spacial score (nSPS) is 11.8. The molecule has 0 saturated heterocycles. The number of unbranched alkanes of at least 4 members (excludes halogenated alkanes) is 5. The van der Waals surface area contributed by atoms with Crippen molar-refractivity contribution in [3.63, 3.8) is 0 Å². The fourth-order valence-corrected chi connectivity index (χ4v) is 1.98. The summed E-state index contributed by atoms with van der Waals surface area (Å²) >= 11 is 0. The summed E-state index contributed by atoms with van der Waals surface area (Å²) in [5.41, 5.74) is 0. The summed E-state index contributed by atoms with van der Waals surface area (Å²) < 4.78 is 9.53. The standard InChI is InChI=1S/C15H26O5/c1-4-5-6-7-8-9-10-14(19-12(2)16)11-15(18)20-13(3)17/h14H,4-11H2,1-3H3. The Bertz CT molecular complexity index is 311. The van der Waals surface area contributed by atoms with E-state index in [0.29, 0.717) is 6.42 Å². The summed E-state index contributed by atoms with van der Waals surface area (Å²) in [6.07, 6.45) is 6.82. The first-order chi connectivity index (χ1) is 9.45. The Morgan fingerprint density at radius 1 is 0.900 bits per heavy atom. The minimum atomic E-state index is -0.644. The minimum Gasteiger partial charge on any atom is -0.462 e. The molecule has 0 aliphatic heterocycles. The second-order valence-electron chi connectivity index (χ2n) is 4.96. The molecule has 116 valence electrons. The van der Waals surface area contributed by atoms with Crippen LogP contribution in [0.25, 0.3) is 0 Å². The van der Waals surface area contributed by atoms with Gasteiger partial charge in [-0.1, -0.05) is 39.0 Å². The lowest BCUT2D eigenvalue weighted by Gasteiger charge is -2.15. The molecule has 0 aromatic heterocycles. The second kappa shape index (κ2) is 11.4. The molecule has 0 fully saturated rings. The molecule has 0 rings (SSSR count). The molecule has 5 nitrogen and oxygen atoms in total.